The number of hydrogen-bond acceptors (Lipinski definition) is 7. The molecular weight excluding hydrogens is 475 g/mol. The number of nitrogens with one attached hydrogen (secondary N) is 3. The molecule has 0 aliphatic rings. The van der Waals surface area contributed by atoms with Crippen molar-refractivity contribution in [3.05, 3.63) is 59.6 Å². The first-order valence-corrected chi connectivity index (χ1v) is 12.6. The Kier molecular flexibility index (Phi) is 5.65. The van der Waals surface area contributed by atoms with Gasteiger partial charge in [-0.2, -0.15) is 16.4 Å². The molecule has 0 aliphatic heterocycles. The normalized spacial score (nSPS) is 11.7. The number of halogens is 1. The maximum atomic E-state index is 16.0. The SMILES string of the molecule is CC(C)CCNc1cncc(-c2ncc3[nH]nc(-c4nc5nccc(-c6ccsc6)c5[nH]4)c3c2F)c1. The number of imidazole rings is 1. The number of nitrogens with zero attached hydrogens (tertiary/aromatic N) is 5. The molecule has 0 amide bonds. The van der Waals surface area contributed by atoms with Crippen molar-refractivity contribution in [3.63, 3.8) is 0 Å². The van der Waals surface area contributed by atoms with Crippen molar-refractivity contribution in [1.29, 1.82) is 0 Å². The van der Waals surface area contributed by atoms with Gasteiger partial charge in [0, 0.05) is 36.3 Å². The van der Waals surface area contributed by atoms with E-state index in [-0.39, 0.29) is 5.69 Å². The van der Waals surface area contributed by atoms with E-state index in [2.05, 4.69) is 59.7 Å². The lowest BCUT2D eigenvalue weighted by molar-refractivity contribution is 0.607. The molecule has 0 bridgehead atoms. The first-order valence-electron chi connectivity index (χ1n) is 11.7. The Morgan fingerprint density at radius 1 is 1.08 bits per heavy atom. The van der Waals surface area contributed by atoms with Crippen LogP contribution in [0.3, 0.4) is 0 Å². The van der Waals surface area contributed by atoms with Crippen LogP contribution in [0.5, 0.6) is 0 Å². The van der Waals surface area contributed by atoms with Gasteiger partial charge in [0.15, 0.2) is 17.3 Å². The highest BCUT2D eigenvalue weighted by Gasteiger charge is 2.21. The van der Waals surface area contributed by atoms with Gasteiger partial charge in [-0.15, -0.1) is 0 Å². The van der Waals surface area contributed by atoms with E-state index in [4.69, 9.17) is 0 Å². The number of H-pyrrole nitrogens is 2. The van der Waals surface area contributed by atoms with Crippen molar-refractivity contribution in [2.24, 2.45) is 5.92 Å². The summed E-state index contributed by atoms with van der Waals surface area (Å²) in [7, 11) is 0. The summed E-state index contributed by atoms with van der Waals surface area (Å²) in [5, 5.41) is 15.0. The average Bonchev–Trinajstić information content (AvgIpc) is 3.63. The van der Waals surface area contributed by atoms with Gasteiger partial charge in [-0.1, -0.05) is 13.8 Å². The molecule has 180 valence electrons. The van der Waals surface area contributed by atoms with Crippen LogP contribution in [0.25, 0.3) is 56.0 Å². The zero-order chi connectivity index (χ0) is 24.6. The van der Waals surface area contributed by atoms with Gasteiger partial charge in [-0.3, -0.25) is 15.1 Å². The van der Waals surface area contributed by atoms with Gasteiger partial charge in [-0.05, 0) is 46.9 Å². The van der Waals surface area contributed by atoms with Crippen molar-refractivity contribution < 1.29 is 4.39 Å². The van der Waals surface area contributed by atoms with E-state index in [9.17, 15) is 0 Å². The third-order valence-electron chi connectivity index (χ3n) is 6.06. The summed E-state index contributed by atoms with van der Waals surface area (Å²) in [6.07, 6.45) is 7.68. The summed E-state index contributed by atoms with van der Waals surface area (Å²) in [5.74, 6) is 0.540. The van der Waals surface area contributed by atoms with E-state index in [0.717, 1.165) is 35.3 Å². The van der Waals surface area contributed by atoms with Gasteiger partial charge in [0.2, 0.25) is 0 Å². The van der Waals surface area contributed by atoms with E-state index in [1.807, 2.05) is 23.6 Å². The summed E-state index contributed by atoms with van der Waals surface area (Å²) in [6, 6.07) is 5.84. The molecule has 3 N–H and O–H groups in total. The Bertz CT molecular complexity index is 1670. The van der Waals surface area contributed by atoms with Crippen LogP contribution in [-0.2, 0) is 0 Å². The van der Waals surface area contributed by atoms with Gasteiger partial charge in [0.1, 0.15) is 11.4 Å². The molecule has 0 radical (unpaired) electrons. The zero-order valence-corrected chi connectivity index (χ0v) is 20.5. The predicted octanol–water partition coefficient (Wildman–Crippen LogP) is 6.28. The molecule has 6 heterocycles. The second-order valence-electron chi connectivity index (χ2n) is 9.01. The Balaban J connectivity index is 1.42. The van der Waals surface area contributed by atoms with Crippen molar-refractivity contribution in [2.45, 2.75) is 20.3 Å². The summed E-state index contributed by atoms with van der Waals surface area (Å²) in [6.45, 7) is 5.17. The second kappa shape index (κ2) is 9.12. The Morgan fingerprint density at radius 3 is 2.83 bits per heavy atom. The van der Waals surface area contributed by atoms with E-state index in [1.165, 1.54) is 0 Å². The van der Waals surface area contributed by atoms with Crippen molar-refractivity contribution >= 4 is 39.1 Å². The third-order valence-corrected chi connectivity index (χ3v) is 6.74. The number of fused-ring (bicyclic) bond motifs is 2. The van der Waals surface area contributed by atoms with Crippen LogP contribution in [-0.4, -0.2) is 41.7 Å². The van der Waals surface area contributed by atoms with Crippen LogP contribution >= 0.6 is 11.3 Å². The van der Waals surface area contributed by atoms with Gasteiger partial charge in [0.05, 0.1) is 28.3 Å². The Morgan fingerprint density at radius 2 is 2.00 bits per heavy atom. The number of aromatic amines is 2. The molecule has 6 rings (SSSR count). The molecule has 0 atom stereocenters. The minimum Gasteiger partial charge on any atom is -0.384 e. The lowest BCUT2D eigenvalue weighted by Crippen LogP contribution is -2.05. The number of pyridine rings is 3. The molecule has 10 heteroatoms. The van der Waals surface area contributed by atoms with E-state index < -0.39 is 5.82 Å². The number of anilines is 1. The second-order valence-corrected chi connectivity index (χ2v) is 9.79. The van der Waals surface area contributed by atoms with Gasteiger partial charge >= 0.3 is 0 Å². The predicted molar refractivity (Wildman–Crippen MR) is 141 cm³/mol. The van der Waals surface area contributed by atoms with Crippen molar-refractivity contribution in [3.8, 4) is 33.9 Å². The van der Waals surface area contributed by atoms with E-state index >= 15 is 4.39 Å². The highest BCUT2D eigenvalue weighted by Crippen LogP contribution is 2.34. The van der Waals surface area contributed by atoms with Crippen LogP contribution in [0.1, 0.15) is 20.3 Å². The summed E-state index contributed by atoms with van der Waals surface area (Å²) in [5.41, 5.74) is 5.85. The molecule has 8 nitrogen and oxygen atoms in total. The smallest absolute Gasteiger partial charge is 0.178 e. The fourth-order valence-corrected chi connectivity index (χ4v) is 4.86. The van der Waals surface area contributed by atoms with E-state index in [0.29, 0.717) is 39.5 Å². The molecule has 0 saturated carbocycles. The van der Waals surface area contributed by atoms with Gasteiger partial charge in [0.25, 0.3) is 0 Å². The topological polar surface area (TPSA) is 108 Å². The van der Waals surface area contributed by atoms with Gasteiger partial charge in [-0.25, -0.2) is 14.4 Å². The summed E-state index contributed by atoms with van der Waals surface area (Å²) < 4.78 is 16.0. The zero-order valence-electron chi connectivity index (χ0n) is 19.7. The number of hydrogen-bond donors (Lipinski definition) is 3. The lowest BCUT2D eigenvalue weighted by Gasteiger charge is -2.10. The average molecular weight is 499 g/mol. The Hall–Kier alpha value is -4.18. The van der Waals surface area contributed by atoms with Crippen LogP contribution in [0, 0.1) is 11.7 Å². The minimum absolute atomic E-state index is 0.207. The number of rotatable bonds is 7. The molecule has 0 saturated heterocycles. The molecule has 0 unspecified atom stereocenters. The van der Waals surface area contributed by atoms with E-state index in [1.54, 1.807) is 36.1 Å². The molecular formula is C26H23FN8S. The standard InChI is InChI=1S/C26H23FN8S/c1-14(2)3-6-29-17-9-16(10-28-11-17)22-21(27)20-19(12-31-22)34-35-24(20)26-32-23-18(15-5-8-36-13-15)4-7-30-25(23)33-26/h4-5,7-14,29H,3,6H2,1-2H3,(H,34,35)(H,30,32,33). The number of aromatic nitrogens is 7. The monoisotopic (exact) mass is 498 g/mol. The summed E-state index contributed by atoms with van der Waals surface area (Å²) >= 11 is 1.62. The van der Waals surface area contributed by atoms with Crippen LogP contribution < -0.4 is 5.32 Å². The molecule has 0 spiro atoms. The first kappa shape index (κ1) is 22.3. The molecule has 36 heavy (non-hydrogen) atoms. The quantitative estimate of drug-likeness (QED) is 0.239. The van der Waals surface area contributed by atoms with Crippen LogP contribution in [0.2, 0.25) is 0 Å². The fourth-order valence-electron chi connectivity index (χ4n) is 4.20. The minimum atomic E-state index is -0.483. The Labute approximate surface area is 210 Å². The van der Waals surface area contributed by atoms with Crippen molar-refractivity contribution in [1.82, 2.24) is 35.1 Å². The molecule has 0 fully saturated rings. The third kappa shape index (κ3) is 3.99. The summed E-state index contributed by atoms with van der Waals surface area (Å²) in [4.78, 5) is 21.0. The van der Waals surface area contributed by atoms with Crippen LogP contribution in [0.4, 0.5) is 10.1 Å². The lowest BCUT2D eigenvalue weighted by atomic mass is 10.1. The van der Waals surface area contributed by atoms with Crippen LogP contribution in [0.15, 0.2) is 53.7 Å². The first-order chi connectivity index (χ1) is 17.6. The maximum Gasteiger partial charge on any atom is 0.178 e. The highest BCUT2D eigenvalue weighted by atomic mass is 32.1. The molecule has 6 aromatic heterocycles. The molecule has 0 aromatic carbocycles. The largest absolute Gasteiger partial charge is 0.384 e. The fraction of sp³-hybridized carbons (Fsp3) is 0.192. The molecule has 0 aliphatic carbocycles. The van der Waals surface area contributed by atoms with Crippen molar-refractivity contribution in [2.75, 3.05) is 11.9 Å². The molecule has 6 aromatic rings. The highest BCUT2D eigenvalue weighted by molar-refractivity contribution is 7.08. The maximum absolute atomic E-state index is 16.0. The number of thiophene rings is 1. The van der Waals surface area contributed by atoms with Gasteiger partial charge < -0.3 is 10.3 Å².